The predicted molar refractivity (Wildman–Crippen MR) is 129 cm³/mol. The first-order chi connectivity index (χ1) is 18.3. The molecule has 0 unspecified atom stereocenters. The van der Waals surface area contributed by atoms with E-state index in [4.69, 9.17) is 13.9 Å². The molecule has 4 heterocycles. The van der Waals surface area contributed by atoms with E-state index in [1.54, 1.807) is 30.3 Å². The highest BCUT2D eigenvalue weighted by Gasteiger charge is 2.35. The van der Waals surface area contributed by atoms with Crippen LogP contribution in [0.1, 0.15) is 35.7 Å². The summed E-state index contributed by atoms with van der Waals surface area (Å²) < 4.78 is 57.5. The molecule has 0 radical (unpaired) electrons. The molecule has 0 atom stereocenters. The predicted octanol–water partition coefficient (Wildman–Crippen LogP) is 5.56. The van der Waals surface area contributed by atoms with Crippen LogP contribution < -0.4 is 9.47 Å². The van der Waals surface area contributed by atoms with Crippen molar-refractivity contribution in [3.8, 4) is 34.5 Å². The third kappa shape index (κ3) is 4.42. The minimum absolute atomic E-state index is 0.138. The van der Waals surface area contributed by atoms with Crippen molar-refractivity contribution in [2.24, 2.45) is 7.05 Å². The maximum Gasteiger partial charge on any atom is 0.434 e. The number of methoxy groups -OCH3 is 1. The van der Waals surface area contributed by atoms with Gasteiger partial charge in [0, 0.05) is 30.8 Å². The fourth-order valence-corrected chi connectivity index (χ4v) is 4.23. The normalized spacial score (nSPS) is 13.7. The minimum Gasteiger partial charge on any atom is -0.480 e. The lowest BCUT2D eigenvalue weighted by Crippen LogP contribution is -2.05. The molecule has 1 aromatic carbocycles. The summed E-state index contributed by atoms with van der Waals surface area (Å²) in [4.78, 5) is 21.7. The Bertz CT molecular complexity index is 1620. The van der Waals surface area contributed by atoms with Crippen LogP contribution in [0.4, 0.5) is 13.2 Å². The first-order valence-corrected chi connectivity index (χ1v) is 11.8. The number of alkyl halides is 3. The first kappa shape index (κ1) is 23.9. The summed E-state index contributed by atoms with van der Waals surface area (Å²) in [6.07, 6.45) is 1.49. The maximum atomic E-state index is 13.0. The highest BCUT2D eigenvalue weighted by molar-refractivity contribution is 5.81. The van der Waals surface area contributed by atoms with E-state index >= 15 is 0 Å². The molecule has 0 aliphatic heterocycles. The van der Waals surface area contributed by atoms with Gasteiger partial charge in [-0.3, -0.25) is 0 Å². The molecular weight excluding hydrogens is 501 g/mol. The molecule has 38 heavy (non-hydrogen) atoms. The number of imidazole rings is 1. The Hall–Kier alpha value is -4.48. The van der Waals surface area contributed by atoms with Gasteiger partial charge < -0.3 is 18.5 Å². The van der Waals surface area contributed by atoms with E-state index in [9.17, 15) is 13.2 Å². The van der Waals surface area contributed by atoms with Crippen LogP contribution in [-0.4, -0.2) is 36.6 Å². The number of rotatable bonds is 7. The van der Waals surface area contributed by atoms with Gasteiger partial charge in [0.25, 0.3) is 5.88 Å². The zero-order chi connectivity index (χ0) is 26.4. The van der Waals surface area contributed by atoms with Gasteiger partial charge in [-0.05, 0) is 18.4 Å². The fourth-order valence-electron chi connectivity index (χ4n) is 4.23. The molecule has 0 spiro atoms. The van der Waals surface area contributed by atoms with E-state index in [2.05, 4.69) is 24.9 Å². The standard InChI is InChI=1S/C26H21F3N6O3/c1-35-11-18(26(27,28)29)33-23(35)16-5-3-14(4-6-16)12-38-25-21-17(9-10-37-21)32-22(34-25)19-20(15-7-8-15)30-13-31-24(19)36-2/h3-6,9-11,13,15H,7-8,12H2,1-2H3. The monoisotopic (exact) mass is 522 g/mol. The van der Waals surface area contributed by atoms with E-state index in [0.717, 1.165) is 30.3 Å². The van der Waals surface area contributed by atoms with Gasteiger partial charge >= 0.3 is 6.18 Å². The van der Waals surface area contributed by atoms with E-state index in [-0.39, 0.29) is 18.3 Å². The number of ether oxygens (including phenoxy) is 2. The molecule has 9 nitrogen and oxygen atoms in total. The van der Waals surface area contributed by atoms with Crippen LogP contribution >= 0.6 is 0 Å². The molecule has 0 saturated heterocycles. The van der Waals surface area contributed by atoms with Crippen molar-refractivity contribution in [2.75, 3.05) is 7.11 Å². The van der Waals surface area contributed by atoms with Gasteiger partial charge in [-0.1, -0.05) is 24.3 Å². The quantitative estimate of drug-likeness (QED) is 0.274. The average Bonchev–Trinajstić information content (AvgIpc) is 3.51. The summed E-state index contributed by atoms with van der Waals surface area (Å²) in [6, 6.07) is 8.64. The van der Waals surface area contributed by atoms with Crippen LogP contribution in [0.15, 0.2) is 53.5 Å². The number of nitrogens with zero attached hydrogens (tertiary/aromatic N) is 6. The third-order valence-electron chi connectivity index (χ3n) is 6.25. The van der Waals surface area contributed by atoms with E-state index in [0.29, 0.717) is 39.8 Å². The van der Waals surface area contributed by atoms with Crippen molar-refractivity contribution in [1.82, 2.24) is 29.5 Å². The van der Waals surface area contributed by atoms with Crippen molar-refractivity contribution >= 4 is 11.1 Å². The smallest absolute Gasteiger partial charge is 0.434 e. The highest BCUT2D eigenvalue weighted by Crippen LogP contribution is 2.45. The lowest BCUT2D eigenvalue weighted by Gasteiger charge is -2.12. The third-order valence-corrected chi connectivity index (χ3v) is 6.25. The number of halogens is 3. The van der Waals surface area contributed by atoms with Crippen LogP contribution in [0.5, 0.6) is 11.8 Å². The Kier molecular flexibility index (Phi) is 5.73. The molecule has 1 fully saturated rings. The van der Waals surface area contributed by atoms with Crippen molar-refractivity contribution in [3.05, 3.63) is 66.1 Å². The van der Waals surface area contributed by atoms with E-state index in [1.807, 2.05) is 0 Å². The molecular formula is C26H21F3N6O3. The van der Waals surface area contributed by atoms with Crippen molar-refractivity contribution < 1.29 is 27.1 Å². The molecule has 0 amide bonds. The van der Waals surface area contributed by atoms with E-state index in [1.165, 1.54) is 31.3 Å². The van der Waals surface area contributed by atoms with Crippen molar-refractivity contribution in [2.45, 2.75) is 31.5 Å². The molecule has 1 aliphatic rings. The lowest BCUT2D eigenvalue weighted by molar-refractivity contribution is -0.140. The summed E-state index contributed by atoms with van der Waals surface area (Å²) in [7, 11) is 3.06. The van der Waals surface area contributed by atoms with Gasteiger partial charge in [0.05, 0.1) is 19.1 Å². The number of aromatic nitrogens is 6. The Labute approximate surface area is 214 Å². The van der Waals surface area contributed by atoms with Gasteiger partial charge in [0.15, 0.2) is 11.5 Å². The Morgan fingerprint density at radius 2 is 1.82 bits per heavy atom. The van der Waals surface area contributed by atoms with Crippen LogP contribution in [0.25, 0.3) is 33.9 Å². The second-order valence-electron chi connectivity index (χ2n) is 8.95. The summed E-state index contributed by atoms with van der Waals surface area (Å²) in [5.74, 6) is 1.52. The molecule has 6 rings (SSSR count). The topological polar surface area (TPSA) is 101 Å². The number of furan rings is 1. The highest BCUT2D eigenvalue weighted by atomic mass is 19.4. The molecule has 12 heteroatoms. The Morgan fingerprint density at radius 1 is 1.03 bits per heavy atom. The summed E-state index contributed by atoms with van der Waals surface area (Å²) >= 11 is 0. The molecule has 1 saturated carbocycles. The number of hydrogen-bond donors (Lipinski definition) is 0. The Morgan fingerprint density at radius 3 is 2.50 bits per heavy atom. The van der Waals surface area contributed by atoms with Gasteiger partial charge in [-0.25, -0.2) is 19.9 Å². The van der Waals surface area contributed by atoms with Crippen LogP contribution in [0.2, 0.25) is 0 Å². The van der Waals surface area contributed by atoms with Crippen molar-refractivity contribution in [3.63, 3.8) is 0 Å². The molecule has 194 valence electrons. The zero-order valence-corrected chi connectivity index (χ0v) is 20.4. The number of hydrogen-bond acceptors (Lipinski definition) is 8. The van der Waals surface area contributed by atoms with Crippen molar-refractivity contribution in [1.29, 1.82) is 0 Å². The zero-order valence-electron chi connectivity index (χ0n) is 20.4. The maximum absolute atomic E-state index is 13.0. The summed E-state index contributed by atoms with van der Waals surface area (Å²) in [5.41, 5.74) is 2.80. The minimum atomic E-state index is -4.51. The van der Waals surface area contributed by atoms with Crippen LogP contribution in [0.3, 0.4) is 0 Å². The SMILES string of the molecule is COc1ncnc(C2CC2)c1-c1nc(OCc2ccc(-c3nc(C(F)(F)F)cn3C)cc2)c2occc2n1. The molecule has 1 aliphatic carbocycles. The lowest BCUT2D eigenvalue weighted by atomic mass is 10.1. The number of fused-ring (bicyclic) bond motifs is 1. The molecule has 0 N–H and O–H groups in total. The van der Waals surface area contributed by atoms with Gasteiger partial charge in [-0.15, -0.1) is 0 Å². The largest absolute Gasteiger partial charge is 0.480 e. The van der Waals surface area contributed by atoms with Gasteiger partial charge in [-0.2, -0.15) is 18.2 Å². The van der Waals surface area contributed by atoms with E-state index < -0.39 is 11.9 Å². The van der Waals surface area contributed by atoms with Gasteiger partial charge in [0.2, 0.25) is 11.5 Å². The second kappa shape index (κ2) is 9.12. The average molecular weight is 522 g/mol. The van der Waals surface area contributed by atoms with Crippen LogP contribution in [-0.2, 0) is 19.8 Å². The molecule has 4 aromatic heterocycles. The number of aryl methyl sites for hydroxylation is 1. The Balaban J connectivity index is 1.28. The first-order valence-electron chi connectivity index (χ1n) is 11.8. The second-order valence-corrected chi connectivity index (χ2v) is 8.95. The van der Waals surface area contributed by atoms with Gasteiger partial charge in [0.1, 0.15) is 29.8 Å². The van der Waals surface area contributed by atoms with Crippen LogP contribution in [0, 0.1) is 0 Å². The summed E-state index contributed by atoms with van der Waals surface area (Å²) in [5, 5.41) is 0. The number of benzene rings is 1. The fraction of sp³-hybridized carbons (Fsp3) is 0.269. The molecule has 0 bridgehead atoms. The molecule has 5 aromatic rings. The summed E-state index contributed by atoms with van der Waals surface area (Å²) in [6.45, 7) is 0.138.